The number of unbranched alkanes of at least 4 members (excludes halogenated alkanes) is 3. The van der Waals surface area contributed by atoms with Gasteiger partial charge in [0.05, 0.1) is 0 Å². The second kappa shape index (κ2) is 12.6. The number of nitrogens with zero attached hydrogens (tertiary/aromatic N) is 6. The standard InChI is InChI=1S/C16H17N6O2.3C4H9.Sn/c1-11(2)22-15-4-3-13(7-12(15)8-18-22)21-10-14(24-16(21)23)9-20-6-5-17-19-20;3*1-3-4-2;/h3-4,6-8,11,14H,9-10H2,1-2H3;3*1,3-4H2,2H3;. The Morgan fingerprint density at radius 1 is 1.05 bits per heavy atom. The summed E-state index contributed by atoms with van der Waals surface area (Å²) in [6.07, 6.45) is 11.1. The van der Waals surface area contributed by atoms with Gasteiger partial charge >= 0.3 is 206 Å². The van der Waals surface area contributed by atoms with E-state index >= 15 is 0 Å². The van der Waals surface area contributed by atoms with Gasteiger partial charge in [-0.2, -0.15) is 0 Å². The monoisotopic (exact) mass is 616 g/mol. The van der Waals surface area contributed by atoms with Crippen molar-refractivity contribution in [3.8, 4) is 0 Å². The first-order valence-electron chi connectivity index (χ1n) is 14.3. The van der Waals surface area contributed by atoms with E-state index in [9.17, 15) is 4.79 Å². The quantitative estimate of drug-likeness (QED) is 0.199. The summed E-state index contributed by atoms with van der Waals surface area (Å²) in [7, 11) is 0. The van der Waals surface area contributed by atoms with Crippen molar-refractivity contribution < 1.29 is 9.53 Å². The summed E-state index contributed by atoms with van der Waals surface area (Å²) in [5, 5.41) is 14.9. The third-order valence-corrected chi connectivity index (χ3v) is 22.7. The summed E-state index contributed by atoms with van der Waals surface area (Å²) in [4.78, 5) is 14.5. The number of anilines is 1. The number of hydrogen-bond acceptors (Lipinski definition) is 5. The summed E-state index contributed by atoms with van der Waals surface area (Å²) in [5.41, 5.74) is 1.92. The molecule has 1 saturated heterocycles. The number of rotatable bonds is 14. The van der Waals surface area contributed by atoms with Gasteiger partial charge in [0.2, 0.25) is 0 Å². The molecule has 3 aromatic rings. The molecule has 8 nitrogen and oxygen atoms in total. The molecule has 1 aliphatic rings. The van der Waals surface area contributed by atoms with Crippen LogP contribution in [0, 0.1) is 0 Å². The predicted octanol–water partition coefficient (Wildman–Crippen LogP) is 6.29. The Balaban J connectivity index is 1.48. The summed E-state index contributed by atoms with van der Waals surface area (Å²) < 4.78 is 15.1. The van der Waals surface area contributed by atoms with Crippen LogP contribution in [0.1, 0.15) is 79.2 Å². The van der Waals surface area contributed by atoms with Crippen molar-refractivity contribution in [1.82, 2.24) is 24.8 Å². The molecule has 2 aromatic heterocycles. The number of ether oxygens (including phenoxy) is 1. The zero-order valence-corrected chi connectivity index (χ0v) is 26.2. The molecule has 1 atom stereocenters. The van der Waals surface area contributed by atoms with Crippen molar-refractivity contribution in [2.75, 3.05) is 11.4 Å². The second-order valence-electron chi connectivity index (χ2n) is 11.0. The molecule has 0 spiro atoms. The van der Waals surface area contributed by atoms with E-state index in [-0.39, 0.29) is 18.2 Å². The van der Waals surface area contributed by atoms with E-state index in [4.69, 9.17) is 9.84 Å². The SMILES string of the molecule is CCC[CH2][Sn]([CH2]CCC)([CH2]CCC)[c]1cn(CC2CN(c3ccc4c(cnn4C(C)C)c3)C(=O)O2)nn1. The van der Waals surface area contributed by atoms with E-state index in [1.54, 1.807) is 4.90 Å². The molecule has 37 heavy (non-hydrogen) atoms. The van der Waals surface area contributed by atoms with Crippen molar-refractivity contribution in [3.05, 3.63) is 30.6 Å². The van der Waals surface area contributed by atoms with Gasteiger partial charge in [0, 0.05) is 6.04 Å². The fraction of sp³-hybridized carbons (Fsp3) is 0.643. The van der Waals surface area contributed by atoms with Crippen molar-refractivity contribution in [2.45, 2.75) is 105 Å². The first kappa shape index (κ1) is 27.9. The minimum atomic E-state index is -2.62. The van der Waals surface area contributed by atoms with Crippen LogP contribution >= 0.6 is 0 Å². The van der Waals surface area contributed by atoms with E-state index in [2.05, 4.69) is 51.1 Å². The van der Waals surface area contributed by atoms with Gasteiger partial charge < -0.3 is 0 Å². The Labute approximate surface area is 225 Å². The van der Waals surface area contributed by atoms with Crippen molar-refractivity contribution in [3.63, 3.8) is 0 Å². The maximum atomic E-state index is 12.8. The zero-order chi connectivity index (χ0) is 26.4. The Bertz CT molecular complexity index is 1150. The van der Waals surface area contributed by atoms with Gasteiger partial charge in [0.1, 0.15) is 0 Å². The van der Waals surface area contributed by atoms with Gasteiger partial charge in [-0.1, -0.05) is 0 Å². The molecular weight excluding hydrogens is 571 g/mol. The first-order valence-corrected chi connectivity index (χ1v) is 21.7. The van der Waals surface area contributed by atoms with Crippen LogP contribution in [0.5, 0.6) is 0 Å². The van der Waals surface area contributed by atoms with Crippen LogP contribution in [0.3, 0.4) is 0 Å². The van der Waals surface area contributed by atoms with E-state index in [0.29, 0.717) is 13.1 Å². The summed E-state index contributed by atoms with van der Waals surface area (Å²) in [6.45, 7) is 12.2. The molecular formula is C28H44N6O2Sn. The predicted molar refractivity (Wildman–Crippen MR) is 152 cm³/mol. The van der Waals surface area contributed by atoms with Crippen LogP contribution in [0.15, 0.2) is 30.6 Å². The fourth-order valence-electron chi connectivity index (χ4n) is 5.59. The topological polar surface area (TPSA) is 78.1 Å². The Morgan fingerprint density at radius 3 is 2.35 bits per heavy atom. The molecule has 9 heteroatoms. The zero-order valence-electron chi connectivity index (χ0n) is 23.3. The van der Waals surface area contributed by atoms with Gasteiger partial charge in [0.15, 0.2) is 0 Å². The normalized spacial score (nSPS) is 16.3. The summed E-state index contributed by atoms with van der Waals surface area (Å²) >= 11 is -2.62. The van der Waals surface area contributed by atoms with Crippen LogP contribution in [-0.4, -0.2) is 61.9 Å². The molecule has 1 amide bonds. The Hall–Kier alpha value is -2.10. The average molecular weight is 615 g/mol. The third kappa shape index (κ3) is 6.32. The molecule has 1 aromatic carbocycles. The third-order valence-electron chi connectivity index (χ3n) is 7.75. The maximum absolute atomic E-state index is 12.8. The van der Waals surface area contributed by atoms with E-state index in [1.807, 2.05) is 33.8 Å². The number of hydrogen-bond donors (Lipinski definition) is 0. The molecule has 3 heterocycles. The molecule has 1 aliphatic heterocycles. The number of aromatic nitrogens is 5. The van der Waals surface area contributed by atoms with Crippen molar-refractivity contribution in [2.24, 2.45) is 0 Å². The van der Waals surface area contributed by atoms with Crippen LogP contribution in [0.2, 0.25) is 13.3 Å². The van der Waals surface area contributed by atoms with Crippen LogP contribution in [0.4, 0.5) is 10.5 Å². The molecule has 4 rings (SSSR count). The van der Waals surface area contributed by atoms with Crippen LogP contribution in [0.25, 0.3) is 10.9 Å². The number of fused-ring (bicyclic) bond motifs is 1. The first-order chi connectivity index (χ1) is 17.9. The van der Waals surface area contributed by atoms with Crippen molar-refractivity contribution in [1.29, 1.82) is 0 Å². The Morgan fingerprint density at radius 2 is 1.73 bits per heavy atom. The number of benzene rings is 1. The van der Waals surface area contributed by atoms with Crippen LogP contribution in [-0.2, 0) is 11.3 Å². The van der Waals surface area contributed by atoms with Gasteiger partial charge in [0.25, 0.3) is 0 Å². The molecule has 0 radical (unpaired) electrons. The Kier molecular flexibility index (Phi) is 9.53. The van der Waals surface area contributed by atoms with Crippen LogP contribution < -0.4 is 8.61 Å². The van der Waals surface area contributed by atoms with Gasteiger partial charge in [-0.05, 0) is 13.8 Å². The van der Waals surface area contributed by atoms with E-state index in [0.717, 1.165) is 16.6 Å². The summed E-state index contributed by atoms with van der Waals surface area (Å²) in [5.74, 6) is 0. The number of carbonyl (C=O) groups excluding carboxylic acids is 1. The second-order valence-corrected chi connectivity index (χ2v) is 24.0. The van der Waals surface area contributed by atoms with Gasteiger partial charge in [-0.25, -0.2) is 0 Å². The molecule has 0 bridgehead atoms. The fourth-order valence-corrected chi connectivity index (χ4v) is 20.7. The number of carbonyl (C=O) groups is 1. The van der Waals surface area contributed by atoms with Crippen molar-refractivity contribution >= 4 is 44.8 Å². The summed E-state index contributed by atoms with van der Waals surface area (Å²) in [6, 6.07) is 6.33. The number of cyclic esters (lactones) is 1. The average Bonchev–Trinajstić information content (AvgIpc) is 3.62. The molecule has 0 aliphatic carbocycles. The molecule has 0 saturated carbocycles. The van der Waals surface area contributed by atoms with Gasteiger partial charge in [-0.15, -0.1) is 0 Å². The van der Waals surface area contributed by atoms with E-state index in [1.165, 1.54) is 55.5 Å². The minimum absolute atomic E-state index is 0.248. The van der Waals surface area contributed by atoms with Gasteiger partial charge in [-0.3, -0.25) is 0 Å². The molecule has 202 valence electrons. The molecule has 1 fully saturated rings. The molecule has 0 N–H and O–H groups in total. The van der Waals surface area contributed by atoms with E-state index < -0.39 is 18.4 Å². The number of amides is 1. The molecule has 1 unspecified atom stereocenters.